The SMILES string of the molecule is CC1(C)[C@@H]2CC[C@]1(C)[C@@H](NC(=O)COc1ccccc1)C2. The summed E-state index contributed by atoms with van der Waals surface area (Å²) in [5.41, 5.74) is 0.547. The zero-order valence-corrected chi connectivity index (χ0v) is 13.2. The van der Waals surface area contributed by atoms with E-state index < -0.39 is 0 Å². The fourth-order valence-electron chi connectivity index (χ4n) is 4.32. The Morgan fingerprint density at radius 1 is 1.29 bits per heavy atom. The fourth-order valence-corrected chi connectivity index (χ4v) is 4.32. The van der Waals surface area contributed by atoms with Crippen LogP contribution < -0.4 is 10.1 Å². The van der Waals surface area contributed by atoms with Gasteiger partial charge in [0.05, 0.1) is 0 Å². The van der Waals surface area contributed by atoms with Gasteiger partial charge in [0.1, 0.15) is 5.75 Å². The highest BCUT2D eigenvalue weighted by Crippen LogP contribution is 2.65. The van der Waals surface area contributed by atoms with Gasteiger partial charge in [0.15, 0.2) is 6.61 Å². The predicted octanol–water partition coefficient (Wildman–Crippen LogP) is 3.40. The van der Waals surface area contributed by atoms with Crippen molar-refractivity contribution in [2.24, 2.45) is 16.7 Å². The number of hydrogen-bond donors (Lipinski definition) is 1. The van der Waals surface area contributed by atoms with Crippen LogP contribution in [0.5, 0.6) is 5.75 Å². The van der Waals surface area contributed by atoms with Gasteiger partial charge in [-0.3, -0.25) is 4.79 Å². The molecule has 3 rings (SSSR count). The first-order valence-electron chi connectivity index (χ1n) is 7.91. The molecule has 1 aromatic carbocycles. The summed E-state index contributed by atoms with van der Waals surface area (Å²) < 4.78 is 5.53. The molecule has 2 bridgehead atoms. The molecule has 2 fully saturated rings. The van der Waals surface area contributed by atoms with Gasteiger partial charge in [-0.2, -0.15) is 0 Å². The van der Waals surface area contributed by atoms with E-state index in [1.807, 2.05) is 30.3 Å². The standard InChI is InChI=1S/C18H25NO2/c1-17(2)13-9-10-18(17,3)15(11-13)19-16(20)12-21-14-7-5-4-6-8-14/h4-8,13,15H,9-12H2,1-3H3,(H,19,20)/t13-,15+,18-/m1/s1. The summed E-state index contributed by atoms with van der Waals surface area (Å²) in [6.07, 6.45) is 3.63. The van der Waals surface area contributed by atoms with Crippen molar-refractivity contribution in [1.82, 2.24) is 5.32 Å². The van der Waals surface area contributed by atoms with Crippen LogP contribution in [0.15, 0.2) is 30.3 Å². The van der Waals surface area contributed by atoms with Gasteiger partial charge in [-0.25, -0.2) is 0 Å². The van der Waals surface area contributed by atoms with Crippen LogP contribution in [0.25, 0.3) is 0 Å². The summed E-state index contributed by atoms with van der Waals surface area (Å²) in [5.74, 6) is 1.48. The molecule has 1 amide bonds. The highest BCUT2D eigenvalue weighted by Gasteiger charge is 2.61. The summed E-state index contributed by atoms with van der Waals surface area (Å²) in [5, 5.41) is 3.21. The van der Waals surface area contributed by atoms with Crippen LogP contribution >= 0.6 is 0 Å². The van der Waals surface area contributed by atoms with Gasteiger partial charge in [-0.1, -0.05) is 39.0 Å². The molecule has 0 unspecified atom stereocenters. The first kappa shape index (κ1) is 14.4. The number of carbonyl (C=O) groups is 1. The van der Waals surface area contributed by atoms with Crippen LogP contribution in [-0.4, -0.2) is 18.6 Å². The Labute approximate surface area is 127 Å². The van der Waals surface area contributed by atoms with Gasteiger partial charge < -0.3 is 10.1 Å². The molecule has 2 saturated carbocycles. The smallest absolute Gasteiger partial charge is 0.258 e. The monoisotopic (exact) mass is 287 g/mol. The van der Waals surface area contributed by atoms with E-state index in [9.17, 15) is 4.79 Å². The highest BCUT2D eigenvalue weighted by atomic mass is 16.5. The summed E-state index contributed by atoms with van der Waals surface area (Å²) in [6.45, 7) is 7.15. The lowest BCUT2D eigenvalue weighted by molar-refractivity contribution is -0.124. The van der Waals surface area contributed by atoms with E-state index in [-0.39, 0.29) is 24.0 Å². The summed E-state index contributed by atoms with van der Waals surface area (Å²) in [6, 6.07) is 9.79. The molecule has 0 spiro atoms. The number of ether oxygens (including phenoxy) is 1. The Morgan fingerprint density at radius 2 is 2.00 bits per heavy atom. The van der Waals surface area contributed by atoms with Gasteiger partial charge in [0, 0.05) is 6.04 Å². The number of benzene rings is 1. The maximum atomic E-state index is 12.2. The highest BCUT2D eigenvalue weighted by molar-refractivity contribution is 5.78. The fraction of sp³-hybridized carbons (Fsp3) is 0.611. The van der Waals surface area contributed by atoms with E-state index in [1.165, 1.54) is 12.8 Å². The normalized spacial score (nSPS) is 32.9. The third-order valence-electron chi connectivity index (χ3n) is 6.24. The number of rotatable bonds is 4. The van der Waals surface area contributed by atoms with Crippen LogP contribution in [-0.2, 0) is 4.79 Å². The molecule has 0 radical (unpaired) electrons. The van der Waals surface area contributed by atoms with Crippen LogP contribution in [0.4, 0.5) is 0 Å². The van der Waals surface area contributed by atoms with Crippen LogP contribution in [0.3, 0.4) is 0 Å². The van der Waals surface area contributed by atoms with Gasteiger partial charge in [0.25, 0.3) is 5.91 Å². The zero-order chi connectivity index (χ0) is 15.1. The Balaban J connectivity index is 1.57. The maximum absolute atomic E-state index is 12.2. The molecule has 3 atom stereocenters. The molecule has 1 aromatic rings. The third-order valence-corrected chi connectivity index (χ3v) is 6.24. The summed E-state index contributed by atoms with van der Waals surface area (Å²) >= 11 is 0. The van der Waals surface area contributed by atoms with E-state index >= 15 is 0 Å². The largest absolute Gasteiger partial charge is 0.484 e. The number of para-hydroxylation sites is 1. The lowest BCUT2D eigenvalue weighted by atomic mass is 9.69. The Bertz CT molecular complexity index is 525. The van der Waals surface area contributed by atoms with Gasteiger partial charge >= 0.3 is 0 Å². The molecule has 0 saturated heterocycles. The lowest BCUT2D eigenvalue weighted by Crippen LogP contribution is -2.48. The van der Waals surface area contributed by atoms with Gasteiger partial charge in [-0.15, -0.1) is 0 Å². The minimum absolute atomic E-state index is 0.00609. The minimum Gasteiger partial charge on any atom is -0.484 e. The van der Waals surface area contributed by atoms with Crippen molar-refractivity contribution in [1.29, 1.82) is 0 Å². The number of fused-ring (bicyclic) bond motifs is 2. The number of carbonyl (C=O) groups excluding carboxylic acids is 1. The van der Waals surface area contributed by atoms with E-state index in [1.54, 1.807) is 0 Å². The average molecular weight is 287 g/mol. The van der Waals surface area contributed by atoms with Crippen molar-refractivity contribution in [3.05, 3.63) is 30.3 Å². The molecule has 3 nitrogen and oxygen atoms in total. The van der Waals surface area contributed by atoms with Crippen LogP contribution in [0.1, 0.15) is 40.0 Å². The molecule has 0 aliphatic heterocycles. The van der Waals surface area contributed by atoms with Crippen molar-refractivity contribution in [2.75, 3.05) is 6.61 Å². The van der Waals surface area contributed by atoms with E-state index in [2.05, 4.69) is 26.1 Å². The molecule has 21 heavy (non-hydrogen) atoms. The van der Waals surface area contributed by atoms with Crippen molar-refractivity contribution in [2.45, 2.75) is 46.1 Å². The molecular weight excluding hydrogens is 262 g/mol. The molecule has 3 heteroatoms. The van der Waals surface area contributed by atoms with E-state index in [0.717, 1.165) is 18.1 Å². The van der Waals surface area contributed by atoms with Crippen molar-refractivity contribution >= 4 is 5.91 Å². The molecule has 2 aliphatic rings. The Hall–Kier alpha value is -1.51. The second-order valence-electron chi connectivity index (χ2n) is 7.33. The Morgan fingerprint density at radius 3 is 2.57 bits per heavy atom. The van der Waals surface area contributed by atoms with Gasteiger partial charge in [-0.05, 0) is 48.1 Å². The topological polar surface area (TPSA) is 38.3 Å². The van der Waals surface area contributed by atoms with Gasteiger partial charge in [0.2, 0.25) is 0 Å². The molecule has 1 N–H and O–H groups in total. The zero-order valence-electron chi connectivity index (χ0n) is 13.2. The molecule has 0 aromatic heterocycles. The maximum Gasteiger partial charge on any atom is 0.258 e. The molecule has 114 valence electrons. The number of hydrogen-bond acceptors (Lipinski definition) is 2. The van der Waals surface area contributed by atoms with Crippen molar-refractivity contribution in [3.8, 4) is 5.75 Å². The first-order chi connectivity index (χ1) is 9.93. The number of amides is 1. The first-order valence-corrected chi connectivity index (χ1v) is 7.91. The quantitative estimate of drug-likeness (QED) is 0.921. The van der Waals surface area contributed by atoms with E-state index in [4.69, 9.17) is 4.74 Å². The second kappa shape index (κ2) is 5.04. The number of nitrogens with one attached hydrogen (secondary N) is 1. The molecule has 0 heterocycles. The predicted molar refractivity (Wildman–Crippen MR) is 83.1 cm³/mol. The lowest BCUT2D eigenvalue weighted by Gasteiger charge is -2.39. The average Bonchev–Trinajstić information content (AvgIpc) is 2.79. The third kappa shape index (κ3) is 2.33. The minimum atomic E-state index is -0.00609. The van der Waals surface area contributed by atoms with E-state index in [0.29, 0.717) is 5.41 Å². The molecule has 2 aliphatic carbocycles. The van der Waals surface area contributed by atoms with Crippen molar-refractivity contribution < 1.29 is 9.53 Å². The second-order valence-corrected chi connectivity index (χ2v) is 7.33. The van der Waals surface area contributed by atoms with Crippen LogP contribution in [0, 0.1) is 16.7 Å². The van der Waals surface area contributed by atoms with Crippen molar-refractivity contribution in [3.63, 3.8) is 0 Å². The molecular formula is C18H25NO2. The Kier molecular flexibility index (Phi) is 3.46. The van der Waals surface area contributed by atoms with Crippen LogP contribution in [0.2, 0.25) is 0 Å². The summed E-state index contributed by atoms with van der Waals surface area (Å²) in [7, 11) is 0. The summed E-state index contributed by atoms with van der Waals surface area (Å²) in [4.78, 5) is 12.2.